The largest absolute Gasteiger partial charge is 0.443 e. The first-order valence-electron chi connectivity index (χ1n) is 8.57. The molecule has 0 aliphatic heterocycles. The highest BCUT2D eigenvalue weighted by molar-refractivity contribution is 7.18. The lowest BCUT2D eigenvalue weighted by molar-refractivity contribution is 0.0497. The number of carbonyl (C=O) groups is 1. The quantitative estimate of drug-likeness (QED) is 0.705. The Kier molecular flexibility index (Phi) is 4.70. The van der Waals surface area contributed by atoms with Gasteiger partial charge in [-0.15, -0.1) is 11.3 Å². The predicted octanol–water partition coefficient (Wildman–Crippen LogP) is 2.17. The van der Waals surface area contributed by atoms with Gasteiger partial charge in [-0.3, -0.25) is 19.8 Å². The Labute approximate surface area is 154 Å². The molecule has 3 rings (SSSR count). The molecular weight excluding hydrogens is 356 g/mol. The van der Waals surface area contributed by atoms with Gasteiger partial charge in [0.1, 0.15) is 10.4 Å². The number of thiophene rings is 1. The SMILES string of the molecule is Cc1c(CNNC(=O)OC(C)(C)C)sc2[nH]c(=O)n([C@H]3C[C@@H]3C)c(=O)c12. The molecule has 1 aliphatic rings. The second-order valence-electron chi connectivity index (χ2n) is 7.72. The van der Waals surface area contributed by atoms with Crippen LogP contribution in [0.15, 0.2) is 9.59 Å². The Morgan fingerprint density at radius 1 is 1.38 bits per heavy atom. The van der Waals surface area contributed by atoms with Gasteiger partial charge in [0.2, 0.25) is 0 Å². The average molecular weight is 380 g/mol. The molecule has 0 bridgehead atoms. The zero-order valence-electron chi connectivity index (χ0n) is 15.6. The molecule has 2 aromatic heterocycles. The molecule has 0 radical (unpaired) electrons. The fraction of sp³-hybridized carbons (Fsp3) is 0.588. The summed E-state index contributed by atoms with van der Waals surface area (Å²) >= 11 is 1.34. The summed E-state index contributed by atoms with van der Waals surface area (Å²) in [6.45, 7) is 9.55. The molecule has 2 aromatic rings. The number of rotatable bonds is 4. The van der Waals surface area contributed by atoms with Crippen LogP contribution in [0.3, 0.4) is 0 Å². The molecule has 2 atom stereocenters. The van der Waals surface area contributed by atoms with Crippen molar-refractivity contribution in [3.05, 3.63) is 31.3 Å². The maximum absolute atomic E-state index is 12.8. The van der Waals surface area contributed by atoms with Gasteiger partial charge in [-0.25, -0.2) is 15.0 Å². The Morgan fingerprint density at radius 3 is 2.62 bits per heavy atom. The first-order chi connectivity index (χ1) is 12.1. The summed E-state index contributed by atoms with van der Waals surface area (Å²) in [6.07, 6.45) is 0.279. The van der Waals surface area contributed by atoms with Gasteiger partial charge in [0.05, 0.1) is 5.39 Å². The first kappa shape index (κ1) is 18.7. The van der Waals surface area contributed by atoms with Crippen molar-refractivity contribution in [3.8, 4) is 0 Å². The summed E-state index contributed by atoms with van der Waals surface area (Å²) in [7, 11) is 0. The number of aromatic amines is 1. The normalized spacial score (nSPS) is 19.6. The maximum Gasteiger partial charge on any atom is 0.422 e. The molecule has 142 valence electrons. The van der Waals surface area contributed by atoms with Gasteiger partial charge in [0, 0.05) is 17.5 Å². The Balaban J connectivity index is 1.80. The van der Waals surface area contributed by atoms with Crippen LogP contribution >= 0.6 is 11.3 Å². The number of fused-ring (bicyclic) bond motifs is 1. The number of aryl methyl sites for hydroxylation is 1. The molecule has 0 unspecified atom stereocenters. The lowest BCUT2D eigenvalue weighted by Crippen LogP contribution is -2.40. The minimum Gasteiger partial charge on any atom is -0.443 e. The van der Waals surface area contributed by atoms with E-state index >= 15 is 0 Å². The number of ether oxygens (including phenoxy) is 1. The molecule has 26 heavy (non-hydrogen) atoms. The third-order valence-corrected chi connectivity index (χ3v) is 5.56. The number of aromatic nitrogens is 2. The van der Waals surface area contributed by atoms with Crippen LogP contribution in [-0.2, 0) is 11.3 Å². The van der Waals surface area contributed by atoms with Crippen LogP contribution in [-0.4, -0.2) is 21.2 Å². The van der Waals surface area contributed by atoms with Crippen LogP contribution in [0.4, 0.5) is 4.79 Å². The summed E-state index contributed by atoms with van der Waals surface area (Å²) in [4.78, 5) is 41.0. The number of nitrogens with one attached hydrogen (secondary N) is 3. The van der Waals surface area contributed by atoms with E-state index in [1.807, 2.05) is 13.8 Å². The van der Waals surface area contributed by atoms with Crippen molar-refractivity contribution < 1.29 is 9.53 Å². The Bertz CT molecular complexity index is 966. The highest BCUT2D eigenvalue weighted by atomic mass is 32.1. The topological polar surface area (TPSA) is 105 Å². The smallest absolute Gasteiger partial charge is 0.422 e. The van der Waals surface area contributed by atoms with Crippen LogP contribution in [0.1, 0.15) is 50.6 Å². The zero-order chi connectivity index (χ0) is 19.2. The van der Waals surface area contributed by atoms with E-state index in [1.54, 1.807) is 20.8 Å². The van der Waals surface area contributed by atoms with Crippen LogP contribution in [0.25, 0.3) is 10.2 Å². The Morgan fingerprint density at radius 2 is 2.04 bits per heavy atom. The summed E-state index contributed by atoms with van der Waals surface area (Å²) < 4.78 is 6.48. The van der Waals surface area contributed by atoms with E-state index in [9.17, 15) is 14.4 Å². The van der Waals surface area contributed by atoms with Crippen molar-refractivity contribution in [2.75, 3.05) is 0 Å². The van der Waals surface area contributed by atoms with E-state index in [4.69, 9.17) is 4.74 Å². The minimum absolute atomic E-state index is 0.00893. The maximum atomic E-state index is 12.8. The van der Waals surface area contributed by atoms with Gasteiger partial charge in [-0.1, -0.05) is 6.92 Å². The standard InChI is InChI=1S/C17H24N4O4S/c1-8-6-10(8)21-14(22)12-9(2)11(26-13(12)19-15(21)23)7-18-20-16(24)25-17(3,4)5/h8,10,18H,6-7H2,1-5H3,(H,19,23)(H,20,24)/t8-,10-/m0/s1. The van der Waals surface area contributed by atoms with Crippen molar-refractivity contribution in [3.63, 3.8) is 0 Å². The number of hydrazine groups is 1. The van der Waals surface area contributed by atoms with Crippen LogP contribution < -0.4 is 22.1 Å². The number of amides is 1. The molecule has 8 nitrogen and oxygen atoms in total. The lowest BCUT2D eigenvalue weighted by atomic mass is 10.2. The van der Waals surface area contributed by atoms with Crippen molar-refractivity contribution in [1.29, 1.82) is 0 Å². The second kappa shape index (κ2) is 6.55. The molecule has 9 heteroatoms. The van der Waals surface area contributed by atoms with Crippen LogP contribution in [0, 0.1) is 12.8 Å². The third-order valence-electron chi connectivity index (χ3n) is 4.35. The summed E-state index contributed by atoms with van der Waals surface area (Å²) in [6, 6.07) is -0.00893. The lowest BCUT2D eigenvalue weighted by Gasteiger charge is -2.19. The van der Waals surface area contributed by atoms with Crippen LogP contribution in [0.2, 0.25) is 0 Å². The number of hydrogen-bond donors (Lipinski definition) is 3. The zero-order valence-corrected chi connectivity index (χ0v) is 16.4. The van der Waals surface area contributed by atoms with E-state index in [0.29, 0.717) is 22.7 Å². The monoisotopic (exact) mass is 380 g/mol. The summed E-state index contributed by atoms with van der Waals surface area (Å²) in [5.74, 6) is 0.351. The number of nitrogens with zero attached hydrogens (tertiary/aromatic N) is 1. The van der Waals surface area contributed by atoms with E-state index < -0.39 is 11.7 Å². The van der Waals surface area contributed by atoms with E-state index in [0.717, 1.165) is 16.9 Å². The minimum atomic E-state index is -0.580. The molecule has 1 aliphatic carbocycles. The molecule has 1 amide bonds. The van der Waals surface area contributed by atoms with Gasteiger partial charge in [-0.2, -0.15) is 0 Å². The van der Waals surface area contributed by atoms with Crippen molar-refractivity contribution in [2.45, 2.75) is 59.2 Å². The molecule has 0 saturated heterocycles. The summed E-state index contributed by atoms with van der Waals surface area (Å²) in [5.41, 5.74) is 4.91. The highest BCUT2D eigenvalue weighted by Gasteiger charge is 2.37. The van der Waals surface area contributed by atoms with Gasteiger partial charge in [0.25, 0.3) is 5.56 Å². The second-order valence-corrected chi connectivity index (χ2v) is 8.83. The van der Waals surface area contributed by atoms with Crippen molar-refractivity contribution in [2.24, 2.45) is 5.92 Å². The molecule has 0 spiro atoms. The molecule has 3 N–H and O–H groups in total. The number of H-pyrrole nitrogens is 1. The molecular formula is C17H24N4O4S. The predicted molar refractivity (Wildman–Crippen MR) is 100 cm³/mol. The first-order valence-corrected chi connectivity index (χ1v) is 9.39. The molecule has 1 saturated carbocycles. The third kappa shape index (κ3) is 3.68. The van der Waals surface area contributed by atoms with Crippen molar-refractivity contribution in [1.82, 2.24) is 20.4 Å². The molecule has 2 heterocycles. The van der Waals surface area contributed by atoms with Crippen LogP contribution in [0.5, 0.6) is 0 Å². The molecule has 0 aromatic carbocycles. The summed E-state index contributed by atoms with van der Waals surface area (Å²) in [5, 5.41) is 0.544. The molecule has 1 fully saturated rings. The fourth-order valence-corrected chi connectivity index (χ4v) is 4.04. The van der Waals surface area contributed by atoms with Gasteiger partial charge in [-0.05, 0) is 45.6 Å². The fourth-order valence-electron chi connectivity index (χ4n) is 2.91. The van der Waals surface area contributed by atoms with Gasteiger partial charge >= 0.3 is 11.8 Å². The number of hydrogen-bond acceptors (Lipinski definition) is 6. The van der Waals surface area contributed by atoms with E-state index in [2.05, 4.69) is 15.8 Å². The van der Waals surface area contributed by atoms with E-state index in [-0.39, 0.29) is 17.3 Å². The van der Waals surface area contributed by atoms with Gasteiger partial charge in [0.15, 0.2) is 0 Å². The average Bonchev–Trinajstić information content (AvgIpc) is 3.10. The van der Waals surface area contributed by atoms with Crippen molar-refractivity contribution >= 4 is 27.6 Å². The van der Waals surface area contributed by atoms with E-state index in [1.165, 1.54) is 15.9 Å². The number of carbonyl (C=O) groups excluding carboxylic acids is 1. The highest BCUT2D eigenvalue weighted by Crippen LogP contribution is 2.41. The Hall–Kier alpha value is -2.13. The van der Waals surface area contributed by atoms with Gasteiger partial charge < -0.3 is 4.74 Å².